The van der Waals surface area contributed by atoms with E-state index in [1.54, 1.807) is 30.3 Å². The number of rotatable bonds is 2. The zero-order chi connectivity index (χ0) is 18.9. The second-order valence-electron chi connectivity index (χ2n) is 7.03. The Balaban J connectivity index is 1.71. The van der Waals surface area contributed by atoms with Crippen LogP contribution < -0.4 is 10.2 Å². The fraction of sp³-hybridized carbons (Fsp3) is 0.211. The molecule has 1 aliphatic carbocycles. The Kier molecular flexibility index (Phi) is 2.90. The Hall–Kier alpha value is -3.55. The van der Waals surface area contributed by atoms with E-state index in [2.05, 4.69) is 5.32 Å². The van der Waals surface area contributed by atoms with Crippen LogP contribution in [0.2, 0.25) is 0 Å². The molecule has 3 aliphatic rings. The van der Waals surface area contributed by atoms with Crippen molar-refractivity contribution in [3.63, 3.8) is 0 Å². The fourth-order valence-corrected chi connectivity index (χ4v) is 4.20. The maximum absolute atomic E-state index is 12.8. The van der Waals surface area contributed by atoms with Crippen LogP contribution in [0, 0.1) is 10.1 Å². The highest BCUT2D eigenvalue weighted by atomic mass is 16.6. The van der Waals surface area contributed by atoms with Gasteiger partial charge in [0, 0.05) is 11.6 Å². The van der Waals surface area contributed by atoms with Crippen LogP contribution in [0.4, 0.5) is 17.1 Å². The van der Waals surface area contributed by atoms with Gasteiger partial charge in [0.05, 0.1) is 27.2 Å². The van der Waals surface area contributed by atoms with Gasteiger partial charge >= 0.3 is 0 Å². The number of hydrogen-bond donors (Lipinski definition) is 1. The molecular formula is C19H13N3O5. The van der Waals surface area contributed by atoms with E-state index >= 15 is 0 Å². The van der Waals surface area contributed by atoms with Crippen LogP contribution in [0.1, 0.15) is 45.5 Å². The summed E-state index contributed by atoms with van der Waals surface area (Å²) in [5, 5.41) is 14.2. The Labute approximate surface area is 152 Å². The van der Waals surface area contributed by atoms with Crippen LogP contribution in [0.15, 0.2) is 36.4 Å². The fourth-order valence-electron chi connectivity index (χ4n) is 4.20. The Morgan fingerprint density at radius 2 is 1.67 bits per heavy atom. The van der Waals surface area contributed by atoms with Gasteiger partial charge in [-0.2, -0.15) is 0 Å². The van der Waals surface area contributed by atoms with Crippen LogP contribution in [-0.4, -0.2) is 22.6 Å². The molecule has 0 radical (unpaired) electrons. The van der Waals surface area contributed by atoms with Gasteiger partial charge in [-0.3, -0.25) is 24.5 Å². The molecule has 0 aromatic heterocycles. The molecule has 134 valence electrons. The van der Waals surface area contributed by atoms with Crippen molar-refractivity contribution in [1.82, 2.24) is 0 Å². The van der Waals surface area contributed by atoms with Crippen LogP contribution in [0.3, 0.4) is 0 Å². The molecule has 0 bridgehead atoms. The van der Waals surface area contributed by atoms with Crippen molar-refractivity contribution in [1.29, 1.82) is 0 Å². The molecule has 3 amide bonds. The van der Waals surface area contributed by atoms with Crippen LogP contribution >= 0.6 is 0 Å². The number of nitrogens with zero attached hydrogens (tertiary/aromatic N) is 2. The number of fused-ring (bicyclic) bond motifs is 3. The smallest absolute Gasteiger partial charge is 0.295 e. The highest BCUT2D eigenvalue weighted by molar-refractivity contribution is 6.34. The largest absolute Gasteiger partial charge is 0.319 e. The average Bonchev–Trinajstić information content (AvgIpc) is 3.05. The van der Waals surface area contributed by atoms with Crippen molar-refractivity contribution in [3.05, 3.63) is 63.2 Å². The first kappa shape index (κ1) is 15.7. The number of nitro benzene ring substituents is 1. The minimum Gasteiger partial charge on any atom is -0.319 e. The third-order valence-corrected chi connectivity index (χ3v) is 5.75. The van der Waals surface area contributed by atoms with Gasteiger partial charge in [0.25, 0.3) is 17.5 Å². The van der Waals surface area contributed by atoms with Gasteiger partial charge in [-0.25, -0.2) is 4.90 Å². The summed E-state index contributed by atoms with van der Waals surface area (Å²) >= 11 is 0. The molecule has 5 rings (SSSR count). The molecule has 8 nitrogen and oxygen atoms in total. The van der Waals surface area contributed by atoms with Crippen molar-refractivity contribution >= 4 is 34.8 Å². The van der Waals surface area contributed by atoms with E-state index in [9.17, 15) is 24.5 Å². The molecule has 2 aromatic rings. The lowest BCUT2D eigenvalue weighted by molar-refractivity contribution is -0.383. The molecule has 27 heavy (non-hydrogen) atoms. The number of nitro groups is 1. The molecule has 0 saturated heterocycles. The molecular weight excluding hydrogens is 350 g/mol. The number of carbonyl (C=O) groups is 3. The number of amides is 3. The van der Waals surface area contributed by atoms with Gasteiger partial charge in [0.2, 0.25) is 5.91 Å². The molecule has 1 saturated carbocycles. The number of hydrogen-bond acceptors (Lipinski definition) is 5. The third-order valence-electron chi connectivity index (χ3n) is 5.75. The third kappa shape index (κ3) is 1.84. The highest BCUT2D eigenvalue weighted by Crippen LogP contribution is 2.54. The second kappa shape index (κ2) is 5.00. The zero-order valence-corrected chi connectivity index (χ0v) is 14.0. The van der Waals surface area contributed by atoms with Gasteiger partial charge in [-0.15, -0.1) is 0 Å². The summed E-state index contributed by atoms with van der Waals surface area (Å²) in [6, 6.07) is 9.17. The minimum absolute atomic E-state index is 0.120. The van der Waals surface area contributed by atoms with E-state index in [1.165, 1.54) is 6.07 Å². The summed E-state index contributed by atoms with van der Waals surface area (Å²) in [6.07, 6.45) is 2.03. The molecule has 8 heteroatoms. The predicted octanol–water partition coefficient (Wildman–Crippen LogP) is 2.77. The van der Waals surface area contributed by atoms with Crippen molar-refractivity contribution < 1.29 is 19.3 Å². The van der Waals surface area contributed by atoms with Crippen molar-refractivity contribution in [2.75, 3.05) is 10.2 Å². The summed E-state index contributed by atoms with van der Waals surface area (Å²) in [4.78, 5) is 49.9. The first-order chi connectivity index (χ1) is 12.9. The maximum atomic E-state index is 12.8. The summed E-state index contributed by atoms with van der Waals surface area (Å²) in [5.41, 5.74) is 0.209. The minimum atomic E-state index is -0.797. The number of carbonyl (C=O) groups excluding carboxylic acids is 3. The Bertz CT molecular complexity index is 1050. The Morgan fingerprint density at radius 1 is 1.04 bits per heavy atom. The highest BCUT2D eigenvalue weighted by Gasteiger charge is 2.53. The molecule has 1 spiro atoms. The van der Waals surface area contributed by atoms with Crippen molar-refractivity contribution in [2.24, 2.45) is 0 Å². The number of anilines is 2. The van der Waals surface area contributed by atoms with Gasteiger partial charge < -0.3 is 5.32 Å². The van der Waals surface area contributed by atoms with E-state index < -0.39 is 22.2 Å². The van der Waals surface area contributed by atoms with Crippen LogP contribution in [0.5, 0.6) is 0 Å². The van der Waals surface area contributed by atoms with Gasteiger partial charge in [0.15, 0.2) is 0 Å². The molecule has 2 heterocycles. The SMILES string of the molecule is O=C1c2ccccc2C(=O)N1c1cc([N+](=O)[O-])c2c(c1)C1(CCC1)C(=O)N2. The monoisotopic (exact) mass is 363 g/mol. The van der Waals surface area contributed by atoms with Crippen LogP contribution in [-0.2, 0) is 10.2 Å². The van der Waals surface area contributed by atoms with Crippen molar-refractivity contribution in [3.8, 4) is 0 Å². The van der Waals surface area contributed by atoms with Crippen LogP contribution in [0.25, 0.3) is 0 Å². The van der Waals surface area contributed by atoms with Gasteiger partial charge in [0.1, 0.15) is 5.69 Å². The molecule has 2 aromatic carbocycles. The standard InChI is InChI=1S/C19H13N3O5/c23-16-11-4-1-2-5-12(11)17(24)21(16)10-8-13-15(14(9-10)22(26)27)20-18(25)19(13)6-3-7-19/h1-2,4-5,8-9H,3,6-7H2,(H,20,25). The van der Waals surface area contributed by atoms with E-state index in [0.29, 0.717) is 18.4 Å². The van der Waals surface area contributed by atoms with Crippen molar-refractivity contribution in [2.45, 2.75) is 24.7 Å². The molecule has 2 aliphatic heterocycles. The maximum Gasteiger partial charge on any atom is 0.295 e. The topological polar surface area (TPSA) is 110 Å². The molecule has 1 N–H and O–H groups in total. The van der Waals surface area contributed by atoms with Gasteiger partial charge in [-0.1, -0.05) is 18.6 Å². The van der Waals surface area contributed by atoms with E-state index in [0.717, 1.165) is 11.3 Å². The zero-order valence-electron chi connectivity index (χ0n) is 14.0. The lowest BCUT2D eigenvalue weighted by atomic mass is 9.65. The van der Waals surface area contributed by atoms with E-state index in [1.807, 2.05) is 0 Å². The average molecular weight is 363 g/mol. The predicted molar refractivity (Wildman–Crippen MR) is 94.8 cm³/mol. The Morgan fingerprint density at radius 3 is 2.19 bits per heavy atom. The van der Waals surface area contributed by atoms with E-state index in [4.69, 9.17) is 0 Å². The normalized spacial score (nSPS) is 19.0. The summed E-state index contributed by atoms with van der Waals surface area (Å²) < 4.78 is 0. The molecule has 1 fully saturated rings. The molecule has 0 atom stereocenters. The number of imide groups is 1. The first-order valence-corrected chi connectivity index (χ1v) is 8.56. The number of nitrogens with one attached hydrogen (secondary N) is 1. The summed E-state index contributed by atoms with van der Waals surface area (Å²) in [5.74, 6) is -1.30. The van der Waals surface area contributed by atoms with E-state index in [-0.39, 0.29) is 34.1 Å². The lowest BCUT2D eigenvalue weighted by Crippen LogP contribution is -2.41. The number of benzene rings is 2. The first-order valence-electron chi connectivity index (χ1n) is 8.56. The van der Waals surface area contributed by atoms with Gasteiger partial charge in [-0.05, 0) is 31.0 Å². The lowest BCUT2D eigenvalue weighted by Gasteiger charge is -2.36. The molecule has 0 unspecified atom stereocenters. The summed E-state index contributed by atoms with van der Waals surface area (Å²) in [6.45, 7) is 0. The quantitative estimate of drug-likeness (QED) is 0.501. The second-order valence-corrected chi connectivity index (χ2v) is 7.03. The summed E-state index contributed by atoms with van der Waals surface area (Å²) in [7, 11) is 0.